The van der Waals surface area contributed by atoms with E-state index in [1.807, 2.05) is 6.20 Å². The van der Waals surface area contributed by atoms with Crippen molar-refractivity contribution < 1.29 is 9.90 Å². The first-order chi connectivity index (χ1) is 10.1. The lowest BCUT2D eigenvalue weighted by atomic mass is 9.85. The number of nitrogens with zero attached hydrogens (tertiary/aromatic N) is 2. The standard InChI is InChI=1S/C16H24N2O2S/c1-10(2)14-8-17-15(21-14)9-18-12-6-4-3-5-11(12)7-13(18)16(19)20/h8,10-13H,3-7,9H2,1-2H3,(H,19,20). The van der Waals surface area contributed by atoms with Crippen molar-refractivity contribution in [3.05, 3.63) is 16.1 Å². The summed E-state index contributed by atoms with van der Waals surface area (Å²) < 4.78 is 0. The number of fused-ring (bicyclic) bond motifs is 1. The van der Waals surface area contributed by atoms with Crippen LogP contribution < -0.4 is 0 Å². The van der Waals surface area contributed by atoms with E-state index >= 15 is 0 Å². The van der Waals surface area contributed by atoms with Crippen LogP contribution >= 0.6 is 11.3 Å². The minimum Gasteiger partial charge on any atom is -0.480 e. The van der Waals surface area contributed by atoms with Gasteiger partial charge in [0.05, 0.1) is 6.54 Å². The molecule has 3 atom stereocenters. The minimum atomic E-state index is -0.662. The highest BCUT2D eigenvalue weighted by molar-refractivity contribution is 7.11. The summed E-state index contributed by atoms with van der Waals surface area (Å²) in [6, 6.07) is 0.135. The maximum absolute atomic E-state index is 11.6. The maximum Gasteiger partial charge on any atom is 0.320 e. The van der Waals surface area contributed by atoms with Crippen LogP contribution in [0.25, 0.3) is 0 Å². The van der Waals surface area contributed by atoms with Crippen LogP contribution in [0.15, 0.2) is 6.20 Å². The van der Waals surface area contributed by atoms with Crippen LogP contribution in [-0.2, 0) is 11.3 Å². The number of carboxylic acids is 1. The lowest BCUT2D eigenvalue weighted by molar-refractivity contribution is -0.142. The molecule has 1 saturated heterocycles. The fourth-order valence-electron chi connectivity index (χ4n) is 3.84. The zero-order chi connectivity index (χ0) is 15.0. The third kappa shape index (κ3) is 2.99. The Kier molecular flexibility index (Phi) is 4.31. The normalized spacial score (nSPS) is 29.8. The molecule has 1 aromatic rings. The van der Waals surface area contributed by atoms with Crippen LogP contribution in [-0.4, -0.2) is 33.0 Å². The summed E-state index contributed by atoms with van der Waals surface area (Å²) >= 11 is 1.74. The van der Waals surface area contributed by atoms with Crippen molar-refractivity contribution in [1.82, 2.24) is 9.88 Å². The van der Waals surface area contributed by atoms with E-state index < -0.39 is 5.97 Å². The van der Waals surface area contributed by atoms with Crippen molar-refractivity contribution in [3.8, 4) is 0 Å². The Morgan fingerprint density at radius 3 is 2.90 bits per heavy atom. The lowest BCUT2D eigenvalue weighted by Gasteiger charge is -2.32. The monoisotopic (exact) mass is 308 g/mol. The summed E-state index contributed by atoms with van der Waals surface area (Å²) in [5.41, 5.74) is 0. The highest BCUT2D eigenvalue weighted by atomic mass is 32.1. The molecule has 1 aliphatic carbocycles. The largest absolute Gasteiger partial charge is 0.480 e. The first-order valence-corrected chi connectivity index (χ1v) is 8.81. The number of aliphatic carboxylic acids is 1. The molecule has 1 aromatic heterocycles. The molecule has 3 rings (SSSR count). The molecule has 0 spiro atoms. The van der Waals surface area contributed by atoms with E-state index in [1.165, 1.54) is 24.1 Å². The van der Waals surface area contributed by atoms with Crippen LogP contribution in [0.5, 0.6) is 0 Å². The van der Waals surface area contributed by atoms with E-state index in [9.17, 15) is 9.90 Å². The van der Waals surface area contributed by atoms with Gasteiger partial charge in [-0.05, 0) is 31.1 Å². The molecule has 5 heteroatoms. The number of hydrogen-bond donors (Lipinski definition) is 1. The van der Waals surface area contributed by atoms with E-state index in [4.69, 9.17) is 0 Å². The minimum absolute atomic E-state index is 0.315. The van der Waals surface area contributed by atoms with Crippen molar-refractivity contribution in [2.45, 2.75) is 70.5 Å². The van der Waals surface area contributed by atoms with Crippen molar-refractivity contribution >= 4 is 17.3 Å². The predicted molar refractivity (Wildman–Crippen MR) is 83.5 cm³/mol. The number of carboxylic acid groups (broad SMARTS) is 1. The second-order valence-electron chi connectivity index (χ2n) is 6.69. The van der Waals surface area contributed by atoms with Gasteiger partial charge in [-0.2, -0.15) is 0 Å². The average Bonchev–Trinajstić information content (AvgIpc) is 3.05. The first kappa shape index (κ1) is 15.0. The van der Waals surface area contributed by atoms with Crippen LogP contribution in [0, 0.1) is 5.92 Å². The highest BCUT2D eigenvalue weighted by Crippen LogP contribution is 2.41. The molecule has 2 aliphatic rings. The molecule has 1 aliphatic heterocycles. The van der Waals surface area contributed by atoms with Gasteiger partial charge in [0.15, 0.2) is 0 Å². The summed E-state index contributed by atoms with van der Waals surface area (Å²) in [4.78, 5) is 19.6. The molecule has 0 bridgehead atoms. The summed E-state index contributed by atoms with van der Waals surface area (Å²) in [5, 5.41) is 10.6. The second-order valence-corrected chi connectivity index (χ2v) is 7.83. The lowest BCUT2D eigenvalue weighted by Crippen LogP contribution is -2.41. The Hall–Kier alpha value is -0.940. The molecule has 3 unspecified atom stereocenters. The van der Waals surface area contributed by atoms with E-state index in [2.05, 4.69) is 23.7 Å². The Morgan fingerprint density at radius 1 is 1.48 bits per heavy atom. The molecule has 116 valence electrons. The Bertz CT molecular complexity index is 514. The van der Waals surface area contributed by atoms with Gasteiger partial charge in [-0.25, -0.2) is 4.98 Å². The number of thiazole rings is 1. The third-order valence-electron chi connectivity index (χ3n) is 4.96. The van der Waals surface area contributed by atoms with Gasteiger partial charge in [0.1, 0.15) is 11.0 Å². The van der Waals surface area contributed by atoms with Gasteiger partial charge in [0, 0.05) is 17.1 Å². The van der Waals surface area contributed by atoms with E-state index in [0.717, 1.165) is 17.8 Å². The Labute approximate surface area is 130 Å². The highest BCUT2D eigenvalue weighted by Gasteiger charge is 2.45. The summed E-state index contributed by atoms with van der Waals surface area (Å²) in [6.45, 7) is 5.05. The van der Waals surface area contributed by atoms with Gasteiger partial charge < -0.3 is 5.11 Å². The smallest absolute Gasteiger partial charge is 0.320 e. The zero-order valence-corrected chi connectivity index (χ0v) is 13.6. The van der Waals surface area contributed by atoms with Crippen molar-refractivity contribution in [2.24, 2.45) is 5.92 Å². The summed E-state index contributed by atoms with van der Waals surface area (Å²) in [6.07, 6.45) is 7.61. The van der Waals surface area contributed by atoms with E-state index in [0.29, 0.717) is 24.4 Å². The molecule has 1 saturated carbocycles. The fourth-order valence-corrected chi connectivity index (χ4v) is 4.78. The Balaban J connectivity index is 1.78. The molecule has 0 amide bonds. The quantitative estimate of drug-likeness (QED) is 0.925. The maximum atomic E-state index is 11.6. The molecule has 0 aromatic carbocycles. The number of rotatable bonds is 4. The van der Waals surface area contributed by atoms with Gasteiger partial charge in [0.25, 0.3) is 0 Å². The Morgan fingerprint density at radius 2 is 2.24 bits per heavy atom. The molecular weight excluding hydrogens is 284 g/mol. The fraction of sp³-hybridized carbons (Fsp3) is 0.750. The SMILES string of the molecule is CC(C)c1cnc(CN2C(C(=O)O)CC3CCCCC32)s1. The second kappa shape index (κ2) is 6.05. The third-order valence-corrected chi connectivity index (χ3v) is 6.25. The molecule has 1 N–H and O–H groups in total. The van der Waals surface area contributed by atoms with Crippen LogP contribution in [0.2, 0.25) is 0 Å². The van der Waals surface area contributed by atoms with Gasteiger partial charge in [-0.3, -0.25) is 9.69 Å². The van der Waals surface area contributed by atoms with Gasteiger partial charge >= 0.3 is 5.97 Å². The predicted octanol–water partition coefficient (Wildman–Crippen LogP) is 3.48. The number of hydrogen-bond acceptors (Lipinski definition) is 4. The van der Waals surface area contributed by atoms with Gasteiger partial charge in [-0.15, -0.1) is 11.3 Å². The molecule has 0 radical (unpaired) electrons. The first-order valence-electron chi connectivity index (χ1n) is 7.99. The van der Waals surface area contributed by atoms with Gasteiger partial charge in [0.2, 0.25) is 0 Å². The van der Waals surface area contributed by atoms with Gasteiger partial charge in [-0.1, -0.05) is 26.7 Å². The number of carbonyl (C=O) groups is 1. The molecule has 4 nitrogen and oxygen atoms in total. The van der Waals surface area contributed by atoms with E-state index in [1.54, 1.807) is 11.3 Å². The molecule has 21 heavy (non-hydrogen) atoms. The molecular formula is C16H24N2O2S. The number of likely N-dealkylation sites (tertiary alicyclic amines) is 1. The number of aromatic nitrogens is 1. The summed E-state index contributed by atoms with van der Waals surface area (Å²) in [7, 11) is 0. The van der Waals surface area contributed by atoms with Crippen LogP contribution in [0.3, 0.4) is 0 Å². The van der Waals surface area contributed by atoms with E-state index in [-0.39, 0.29) is 6.04 Å². The molecule has 2 heterocycles. The topological polar surface area (TPSA) is 53.4 Å². The zero-order valence-electron chi connectivity index (χ0n) is 12.8. The molecule has 2 fully saturated rings. The van der Waals surface area contributed by atoms with Crippen molar-refractivity contribution in [1.29, 1.82) is 0 Å². The summed E-state index contributed by atoms with van der Waals surface area (Å²) in [5.74, 6) is 0.405. The van der Waals surface area contributed by atoms with Crippen molar-refractivity contribution in [2.75, 3.05) is 0 Å². The van der Waals surface area contributed by atoms with Crippen LogP contribution in [0.1, 0.15) is 61.8 Å². The average molecular weight is 308 g/mol. The van der Waals surface area contributed by atoms with Crippen molar-refractivity contribution in [3.63, 3.8) is 0 Å². The van der Waals surface area contributed by atoms with Crippen LogP contribution in [0.4, 0.5) is 0 Å².